The summed E-state index contributed by atoms with van der Waals surface area (Å²) < 4.78 is 34.3. The summed E-state index contributed by atoms with van der Waals surface area (Å²) in [4.78, 5) is 23.2. The number of allylic oxidation sites excluding steroid dienone is 10. The SMILES string of the molecule is CC/C=C\C/C=C\C/C=C\C/C=C\C/C=C\CCCCCCCCCCOCC(COP(=O)(O)OC1C(O)C(O)C(O)C(O)C1O)OC(=O)CCCCCCCCCCCCCCCC. The fourth-order valence-electron chi connectivity index (χ4n) is 7.62. The second-order valence-corrected chi connectivity index (χ2v) is 19.1. The van der Waals surface area contributed by atoms with Gasteiger partial charge in [0.15, 0.2) is 0 Å². The first-order valence-electron chi connectivity index (χ1n) is 25.6. The van der Waals surface area contributed by atoms with Gasteiger partial charge in [-0.2, -0.15) is 0 Å². The van der Waals surface area contributed by atoms with Crippen LogP contribution in [0, 0.1) is 0 Å². The summed E-state index contributed by atoms with van der Waals surface area (Å²) in [6.45, 7) is 4.14. The second kappa shape index (κ2) is 42.2. The molecule has 6 atom stereocenters. The van der Waals surface area contributed by atoms with Crippen LogP contribution >= 0.6 is 7.82 Å². The van der Waals surface area contributed by atoms with Crippen molar-refractivity contribution in [2.24, 2.45) is 0 Å². The van der Waals surface area contributed by atoms with Crippen LogP contribution in [-0.4, -0.2) is 98.9 Å². The molecular formula is C52H93O12P. The molecule has 378 valence electrons. The van der Waals surface area contributed by atoms with Crippen molar-refractivity contribution in [1.82, 2.24) is 0 Å². The third kappa shape index (κ3) is 34.1. The zero-order valence-electron chi connectivity index (χ0n) is 40.5. The highest BCUT2D eigenvalue weighted by Crippen LogP contribution is 2.47. The number of carbonyl (C=O) groups is 1. The fraction of sp³-hybridized carbons (Fsp3) is 0.788. The Morgan fingerprint density at radius 2 is 0.908 bits per heavy atom. The molecule has 0 spiro atoms. The number of rotatable bonds is 43. The number of hydrogen-bond donors (Lipinski definition) is 6. The van der Waals surface area contributed by atoms with E-state index in [-0.39, 0.29) is 13.0 Å². The molecule has 0 aromatic carbocycles. The van der Waals surface area contributed by atoms with Crippen LogP contribution < -0.4 is 0 Å². The van der Waals surface area contributed by atoms with Gasteiger partial charge in [-0.05, 0) is 57.8 Å². The van der Waals surface area contributed by atoms with Gasteiger partial charge < -0.3 is 39.9 Å². The second-order valence-electron chi connectivity index (χ2n) is 17.6. The van der Waals surface area contributed by atoms with Crippen molar-refractivity contribution in [3.63, 3.8) is 0 Å². The third-order valence-corrected chi connectivity index (χ3v) is 12.6. The first kappa shape index (κ1) is 61.1. The monoisotopic (exact) mass is 941 g/mol. The summed E-state index contributed by atoms with van der Waals surface area (Å²) in [5.74, 6) is -0.481. The van der Waals surface area contributed by atoms with E-state index >= 15 is 0 Å². The summed E-state index contributed by atoms with van der Waals surface area (Å²) >= 11 is 0. The Morgan fingerprint density at radius 1 is 0.508 bits per heavy atom. The number of carbonyl (C=O) groups excluding carboxylic acids is 1. The predicted molar refractivity (Wildman–Crippen MR) is 262 cm³/mol. The Morgan fingerprint density at radius 3 is 1.38 bits per heavy atom. The van der Waals surface area contributed by atoms with E-state index in [1.807, 2.05) is 0 Å². The fourth-order valence-corrected chi connectivity index (χ4v) is 8.59. The van der Waals surface area contributed by atoms with Crippen molar-refractivity contribution < 1.29 is 58.3 Å². The van der Waals surface area contributed by atoms with Crippen molar-refractivity contribution in [3.8, 4) is 0 Å². The number of esters is 1. The lowest BCUT2D eigenvalue weighted by atomic mass is 9.85. The lowest BCUT2D eigenvalue weighted by Gasteiger charge is -2.41. The van der Waals surface area contributed by atoms with Crippen LogP contribution in [0.4, 0.5) is 0 Å². The van der Waals surface area contributed by atoms with Crippen molar-refractivity contribution >= 4 is 13.8 Å². The standard InChI is InChI=1S/C52H93O12P/c1-3-5-7-9-11-13-15-17-19-20-21-22-23-24-25-26-27-28-30-32-34-36-38-40-42-61-43-45(44-62-65(59,60)64-52-50(57)48(55)47(54)49(56)51(52)58)63-46(53)41-39-37-35-33-31-29-18-16-14-12-10-8-6-4-2/h5,7,11,13,17,19,21-22,24-25,45,47-52,54-58H,3-4,6,8-10,12,14-16,18,20,23,26-44H2,1-2H3,(H,59,60)/b7-5-,13-11-,19-17-,22-21-,25-24-. The molecule has 0 aromatic heterocycles. The summed E-state index contributed by atoms with van der Waals surface area (Å²) in [6, 6.07) is 0. The lowest BCUT2D eigenvalue weighted by Crippen LogP contribution is -2.64. The van der Waals surface area contributed by atoms with E-state index in [0.717, 1.165) is 83.5 Å². The average molecular weight is 941 g/mol. The van der Waals surface area contributed by atoms with Crippen molar-refractivity contribution in [2.75, 3.05) is 19.8 Å². The highest BCUT2D eigenvalue weighted by molar-refractivity contribution is 7.47. The van der Waals surface area contributed by atoms with Gasteiger partial charge in [-0.1, -0.05) is 197 Å². The van der Waals surface area contributed by atoms with Gasteiger partial charge in [0.05, 0.1) is 13.2 Å². The normalized spacial score (nSPS) is 22.0. The Kier molecular flexibility index (Phi) is 39.6. The number of phosphoric acid groups is 1. The molecule has 1 saturated carbocycles. The minimum absolute atomic E-state index is 0.0827. The molecule has 1 fully saturated rings. The number of ether oxygens (including phenoxy) is 2. The van der Waals surface area contributed by atoms with Crippen LogP contribution in [0.1, 0.15) is 200 Å². The van der Waals surface area contributed by atoms with Crippen LogP contribution in [0.2, 0.25) is 0 Å². The molecule has 0 bridgehead atoms. The summed E-state index contributed by atoms with van der Waals surface area (Å²) in [5, 5.41) is 50.3. The quantitative estimate of drug-likeness (QED) is 0.0147. The van der Waals surface area contributed by atoms with Crippen LogP contribution in [0.25, 0.3) is 0 Å². The topological polar surface area (TPSA) is 192 Å². The van der Waals surface area contributed by atoms with Crippen molar-refractivity contribution in [3.05, 3.63) is 60.8 Å². The number of unbranched alkanes of at least 4 members (excludes halogenated alkanes) is 21. The van der Waals surface area contributed by atoms with Crippen LogP contribution in [0.15, 0.2) is 60.8 Å². The van der Waals surface area contributed by atoms with Gasteiger partial charge in [-0.25, -0.2) is 4.57 Å². The van der Waals surface area contributed by atoms with Gasteiger partial charge in [-0.3, -0.25) is 13.8 Å². The third-order valence-electron chi connectivity index (χ3n) is 11.7. The molecule has 0 saturated heterocycles. The Labute approximate surface area is 394 Å². The van der Waals surface area contributed by atoms with Gasteiger partial charge in [-0.15, -0.1) is 0 Å². The first-order valence-corrected chi connectivity index (χ1v) is 27.1. The van der Waals surface area contributed by atoms with E-state index in [0.29, 0.717) is 13.0 Å². The van der Waals surface area contributed by atoms with E-state index in [9.17, 15) is 39.8 Å². The van der Waals surface area contributed by atoms with E-state index < -0.39 is 63.1 Å². The Hall–Kier alpha value is -1.96. The molecule has 0 heterocycles. The highest BCUT2D eigenvalue weighted by Gasteiger charge is 2.51. The smallest absolute Gasteiger partial charge is 0.457 e. The molecule has 6 unspecified atom stereocenters. The predicted octanol–water partition coefficient (Wildman–Crippen LogP) is 11.4. The lowest BCUT2D eigenvalue weighted by molar-refractivity contribution is -0.220. The minimum atomic E-state index is -5.02. The van der Waals surface area contributed by atoms with Gasteiger partial charge in [0, 0.05) is 13.0 Å². The first-order chi connectivity index (χ1) is 31.5. The van der Waals surface area contributed by atoms with Gasteiger partial charge in [0.1, 0.15) is 42.7 Å². The summed E-state index contributed by atoms with van der Waals surface area (Å²) in [5.41, 5.74) is 0. The molecule has 6 N–H and O–H groups in total. The number of hydrogen-bond acceptors (Lipinski definition) is 11. The maximum Gasteiger partial charge on any atom is 0.472 e. The number of phosphoric ester groups is 1. The molecule has 0 radical (unpaired) electrons. The van der Waals surface area contributed by atoms with Crippen LogP contribution in [0.3, 0.4) is 0 Å². The molecule has 0 amide bonds. The van der Waals surface area contributed by atoms with Crippen molar-refractivity contribution in [2.45, 2.75) is 243 Å². The zero-order chi connectivity index (χ0) is 47.6. The molecular weight excluding hydrogens is 848 g/mol. The van der Waals surface area contributed by atoms with Gasteiger partial charge in [0.25, 0.3) is 0 Å². The molecule has 0 aromatic rings. The van der Waals surface area contributed by atoms with E-state index in [4.69, 9.17) is 18.5 Å². The molecule has 1 rings (SSSR count). The minimum Gasteiger partial charge on any atom is -0.457 e. The van der Waals surface area contributed by atoms with Crippen LogP contribution in [0.5, 0.6) is 0 Å². The Balaban J connectivity index is 2.33. The molecule has 1 aliphatic rings. The van der Waals surface area contributed by atoms with Gasteiger partial charge >= 0.3 is 13.8 Å². The molecule has 1 aliphatic carbocycles. The molecule has 12 nitrogen and oxygen atoms in total. The summed E-state index contributed by atoms with van der Waals surface area (Å²) in [7, 11) is -5.02. The highest BCUT2D eigenvalue weighted by atomic mass is 31.2. The van der Waals surface area contributed by atoms with Gasteiger partial charge in [0.2, 0.25) is 0 Å². The maximum atomic E-state index is 12.8. The largest absolute Gasteiger partial charge is 0.472 e. The maximum absolute atomic E-state index is 12.8. The molecule has 65 heavy (non-hydrogen) atoms. The van der Waals surface area contributed by atoms with Crippen molar-refractivity contribution in [1.29, 1.82) is 0 Å². The zero-order valence-corrected chi connectivity index (χ0v) is 41.4. The number of aliphatic hydroxyl groups is 5. The number of aliphatic hydroxyl groups excluding tert-OH is 5. The molecule has 13 heteroatoms. The van der Waals surface area contributed by atoms with Crippen LogP contribution in [-0.2, 0) is 27.9 Å². The molecule has 0 aliphatic heterocycles. The van der Waals surface area contributed by atoms with E-state index in [1.54, 1.807) is 0 Å². The van der Waals surface area contributed by atoms with E-state index in [2.05, 4.69) is 74.6 Å². The average Bonchev–Trinajstić information content (AvgIpc) is 3.29. The Bertz CT molecular complexity index is 1300. The van der Waals surface area contributed by atoms with E-state index in [1.165, 1.54) is 89.9 Å². The summed E-state index contributed by atoms with van der Waals surface area (Å²) in [6.07, 6.45) is 41.4.